The first kappa shape index (κ1) is 13.4. The van der Waals surface area contributed by atoms with Crippen LogP contribution in [0.1, 0.15) is 32.1 Å². The summed E-state index contributed by atoms with van der Waals surface area (Å²) in [6.45, 7) is 1.93. The Hall–Kier alpha value is -1.63. The third-order valence-electron chi connectivity index (χ3n) is 4.55. The maximum absolute atomic E-state index is 12.4. The number of urea groups is 1. The number of amides is 4. The van der Waals surface area contributed by atoms with Crippen molar-refractivity contribution in [1.29, 1.82) is 0 Å². The van der Waals surface area contributed by atoms with Gasteiger partial charge in [0.1, 0.15) is 5.54 Å². The molecule has 0 radical (unpaired) electrons. The Morgan fingerprint density at radius 3 is 2.50 bits per heavy atom. The molecule has 0 aliphatic carbocycles. The highest BCUT2D eigenvalue weighted by molar-refractivity contribution is 6.07. The quantitative estimate of drug-likeness (QED) is 0.556. The zero-order chi connectivity index (χ0) is 14.2. The van der Waals surface area contributed by atoms with E-state index in [1.54, 1.807) is 0 Å². The first-order valence-electron chi connectivity index (χ1n) is 7.26. The normalized spacial score (nSPS) is 29.2. The van der Waals surface area contributed by atoms with Gasteiger partial charge in [-0.25, -0.2) is 4.79 Å². The van der Waals surface area contributed by atoms with E-state index in [0.717, 1.165) is 25.8 Å². The SMILES string of the molecule is O=C1NC(=O)C2(CCN(C(=O)[C@H]3CCCCN3)CC2)N1. The number of nitrogens with one attached hydrogen (secondary N) is 3. The molecule has 7 nitrogen and oxygen atoms in total. The van der Waals surface area contributed by atoms with Crippen molar-refractivity contribution in [2.75, 3.05) is 19.6 Å². The number of imide groups is 1. The van der Waals surface area contributed by atoms with Gasteiger partial charge in [0.25, 0.3) is 5.91 Å². The van der Waals surface area contributed by atoms with Crippen LogP contribution < -0.4 is 16.0 Å². The van der Waals surface area contributed by atoms with Gasteiger partial charge in [-0.1, -0.05) is 6.42 Å². The Morgan fingerprint density at radius 2 is 1.95 bits per heavy atom. The Bertz CT molecular complexity index is 437. The lowest BCUT2D eigenvalue weighted by molar-refractivity contribution is -0.138. The van der Waals surface area contributed by atoms with E-state index in [0.29, 0.717) is 25.9 Å². The molecule has 4 amide bonds. The summed E-state index contributed by atoms with van der Waals surface area (Å²) >= 11 is 0. The van der Waals surface area contributed by atoms with Gasteiger partial charge in [0, 0.05) is 13.1 Å². The molecule has 0 aromatic carbocycles. The largest absolute Gasteiger partial charge is 0.341 e. The number of likely N-dealkylation sites (tertiary alicyclic amines) is 1. The number of nitrogens with zero attached hydrogens (tertiary/aromatic N) is 1. The molecule has 0 saturated carbocycles. The molecule has 0 bridgehead atoms. The summed E-state index contributed by atoms with van der Waals surface area (Å²) in [5.74, 6) is -0.130. The lowest BCUT2D eigenvalue weighted by Gasteiger charge is -2.39. The van der Waals surface area contributed by atoms with Crippen LogP contribution >= 0.6 is 0 Å². The number of hydrogen-bond donors (Lipinski definition) is 3. The van der Waals surface area contributed by atoms with Crippen LogP contribution in [0.15, 0.2) is 0 Å². The molecule has 3 saturated heterocycles. The highest BCUT2D eigenvalue weighted by atomic mass is 16.2. The molecular formula is C13H20N4O3. The van der Waals surface area contributed by atoms with Crippen LogP contribution in [0.3, 0.4) is 0 Å². The van der Waals surface area contributed by atoms with Gasteiger partial charge >= 0.3 is 6.03 Å². The molecule has 1 spiro atoms. The molecule has 1 atom stereocenters. The van der Waals surface area contributed by atoms with Crippen LogP contribution in [0.25, 0.3) is 0 Å². The number of carbonyl (C=O) groups excluding carboxylic acids is 3. The minimum absolute atomic E-state index is 0.0789. The van der Waals surface area contributed by atoms with Crippen molar-refractivity contribution >= 4 is 17.8 Å². The minimum Gasteiger partial charge on any atom is -0.341 e. The lowest BCUT2D eigenvalue weighted by Crippen LogP contribution is -2.58. The van der Waals surface area contributed by atoms with E-state index in [-0.39, 0.29) is 17.9 Å². The second-order valence-corrected chi connectivity index (χ2v) is 5.82. The molecule has 110 valence electrons. The van der Waals surface area contributed by atoms with Crippen molar-refractivity contribution in [3.8, 4) is 0 Å². The molecule has 0 unspecified atom stereocenters. The van der Waals surface area contributed by atoms with Gasteiger partial charge in [-0.05, 0) is 32.2 Å². The summed E-state index contributed by atoms with van der Waals surface area (Å²) in [7, 11) is 0. The van der Waals surface area contributed by atoms with E-state index < -0.39 is 11.6 Å². The number of hydrogen-bond acceptors (Lipinski definition) is 4. The Balaban J connectivity index is 1.59. The first-order valence-corrected chi connectivity index (χ1v) is 7.26. The van der Waals surface area contributed by atoms with E-state index in [1.165, 1.54) is 0 Å². The number of rotatable bonds is 1. The predicted molar refractivity (Wildman–Crippen MR) is 70.9 cm³/mol. The summed E-state index contributed by atoms with van der Waals surface area (Å²) in [5, 5.41) is 8.24. The van der Waals surface area contributed by atoms with Crippen LogP contribution in [-0.2, 0) is 9.59 Å². The molecular weight excluding hydrogens is 260 g/mol. The van der Waals surface area contributed by atoms with Crippen LogP contribution in [0, 0.1) is 0 Å². The van der Waals surface area contributed by atoms with Gasteiger partial charge in [0.05, 0.1) is 6.04 Å². The summed E-state index contributed by atoms with van der Waals surface area (Å²) in [6.07, 6.45) is 4.07. The number of piperidine rings is 2. The van der Waals surface area contributed by atoms with E-state index in [2.05, 4.69) is 16.0 Å². The summed E-state index contributed by atoms with van der Waals surface area (Å²) in [4.78, 5) is 37.3. The van der Waals surface area contributed by atoms with Gasteiger partial charge in [-0.3, -0.25) is 14.9 Å². The van der Waals surface area contributed by atoms with E-state index in [9.17, 15) is 14.4 Å². The lowest BCUT2D eigenvalue weighted by atomic mass is 9.87. The molecule has 3 aliphatic rings. The third kappa shape index (κ3) is 2.26. The van der Waals surface area contributed by atoms with Gasteiger partial charge in [-0.15, -0.1) is 0 Å². The van der Waals surface area contributed by atoms with Crippen molar-refractivity contribution in [2.45, 2.75) is 43.7 Å². The Morgan fingerprint density at radius 1 is 1.20 bits per heavy atom. The maximum Gasteiger partial charge on any atom is 0.322 e. The number of carbonyl (C=O) groups is 3. The maximum atomic E-state index is 12.4. The molecule has 20 heavy (non-hydrogen) atoms. The molecule has 0 aromatic rings. The fourth-order valence-corrected chi connectivity index (χ4v) is 3.27. The van der Waals surface area contributed by atoms with Crippen LogP contribution in [0.4, 0.5) is 4.79 Å². The van der Waals surface area contributed by atoms with Crippen molar-refractivity contribution in [3.63, 3.8) is 0 Å². The van der Waals surface area contributed by atoms with E-state index in [1.807, 2.05) is 4.90 Å². The molecule has 3 aliphatic heterocycles. The van der Waals surface area contributed by atoms with Gasteiger partial charge < -0.3 is 15.5 Å². The average molecular weight is 280 g/mol. The minimum atomic E-state index is -0.798. The highest BCUT2D eigenvalue weighted by Gasteiger charge is 2.48. The standard InChI is InChI=1S/C13H20N4O3/c18-10(9-3-1-2-6-14-9)17-7-4-13(5-8-17)11(19)15-12(20)16-13/h9,14H,1-8H2,(H2,15,16,19,20)/t9-/m1/s1. The van der Waals surface area contributed by atoms with Gasteiger partial charge in [0.2, 0.25) is 5.91 Å². The monoisotopic (exact) mass is 280 g/mol. The van der Waals surface area contributed by atoms with Gasteiger partial charge in [0.15, 0.2) is 0 Å². The highest BCUT2D eigenvalue weighted by Crippen LogP contribution is 2.26. The van der Waals surface area contributed by atoms with Crippen molar-refractivity contribution in [3.05, 3.63) is 0 Å². The zero-order valence-corrected chi connectivity index (χ0v) is 11.4. The van der Waals surface area contributed by atoms with Gasteiger partial charge in [-0.2, -0.15) is 0 Å². The first-order chi connectivity index (χ1) is 9.61. The predicted octanol–water partition coefficient (Wildman–Crippen LogP) is -0.671. The van der Waals surface area contributed by atoms with Crippen LogP contribution in [-0.4, -0.2) is 54.0 Å². The fourth-order valence-electron chi connectivity index (χ4n) is 3.27. The average Bonchev–Trinajstić information content (AvgIpc) is 2.74. The Labute approximate surface area is 117 Å². The second kappa shape index (κ2) is 5.05. The van der Waals surface area contributed by atoms with Crippen LogP contribution in [0.2, 0.25) is 0 Å². The molecule has 3 rings (SSSR count). The Kier molecular flexibility index (Phi) is 3.37. The second-order valence-electron chi connectivity index (χ2n) is 5.82. The molecule has 3 N–H and O–H groups in total. The molecule has 3 heterocycles. The fraction of sp³-hybridized carbons (Fsp3) is 0.769. The summed E-state index contributed by atoms with van der Waals surface area (Å²) < 4.78 is 0. The van der Waals surface area contributed by atoms with E-state index in [4.69, 9.17) is 0 Å². The molecule has 3 fully saturated rings. The smallest absolute Gasteiger partial charge is 0.322 e. The molecule has 7 heteroatoms. The third-order valence-corrected chi connectivity index (χ3v) is 4.55. The summed E-state index contributed by atoms with van der Waals surface area (Å²) in [5.41, 5.74) is -0.798. The van der Waals surface area contributed by atoms with Crippen molar-refractivity contribution in [1.82, 2.24) is 20.9 Å². The topological polar surface area (TPSA) is 90.5 Å². The van der Waals surface area contributed by atoms with Crippen molar-refractivity contribution < 1.29 is 14.4 Å². The zero-order valence-electron chi connectivity index (χ0n) is 11.4. The van der Waals surface area contributed by atoms with Crippen LogP contribution in [0.5, 0.6) is 0 Å². The summed E-state index contributed by atoms with van der Waals surface area (Å²) in [6, 6.07) is -0.506. The van der Waals surface area contributed by atoms with E-state index >= 15 is 0 Å². The molecule has 0 aromatic heterocycles. The van der Waals surface area contributed by atoms with Crippen molar-refractivity contribution in [2.24, 2.45) is 0 Å².